The molecule has 0 radical (unpaired) electrons. The van der Waals surface area contributed by atoms with Gasteiger partial charge in [0.15, 0.2) is 0 Å². The van der Waals surface area contributed by atoms with Gasteiger partial charge in [-0.25, -0.2) is 0 Å². The minimum Gasteiger partial charge on any atom is -0.329 e. The number of hydrogen-bond donors (Lipinski definition) is 1. The summed E-state index contributed by atoms with van der Waals surface area (Å²) in [5.74, 6) is 0.131. The fourth-order valence-electron chi connectivity index (χ4n) is 3.02. The second-order valence-electron chi connectivity index (χ2n) is 6.60. The Morgan fingerprint density at radius 3 is 2.52 bits per heavy atom. The molecule has 0 spiro atoms. The molecule has 116 valence electrons. The smallest absolute Gasteiger partial charge is 0.223 e. The molecule has 3 nitrogen and oxygen atoms in total. The van der Waals surface area contributed by atoms with Crippen LogP contribution in [-0.2, 0) is 4.79 Å². The normalized spacial score (nSPS) is 24.1. The molecule has 0 aliphatic carbocycles. The summed E-state index contributed by atoms with van der Waals surface area (Å²) in [6.45, 7) is 6.08. The zero-order valence-corrected chi connectivity index (χ0v) is 14.2. The SMILES string of the molecule is CC(C)(C)N1C(=O)CCCC(N)C1c1ccc(Cl)cc1Cl. The van der Waals surface area contributed by atoms with Gasteiger partial charge in [-0.3, -0.25) is 4.79 Å². The van der Waals surface area contributed by atoms with Crippen molar-refractivity contribution in [3.8, 4) is 0 Å². The van der Waals surface area contributed by atoms with Crippen LogP contribution in [0.5, 0.6) is 0 Å². The number of benzene rings is 1. The summed E-state index contributed by atoms with van der Waals surface area (Å²) >= 11 is 12.3. The fourth-order valence-corrected chi connectivity index (χ4v) is 3.54. The molecule has 1 aromatic rings. The number of hydrogen-bond acceptors (Lipinski definition) is 2. The minimum atomic E-state index is -0.313. The van der Waals surface area contributed by atoms with Gasteiger partial charge in [0.2, 0.25) is 5.91 Å². The van der Waals surface area contributed by atoms with Crippen LogP contribution in [0.1, 0.15) is 51.6 Å². The van der Waals surface area contributed by atoms with Crippen LogP contribution in [0, 0.1) is 0 Å². The Morgan fingerprint density at radius 1 is 1.29 bits per heavy atom. The molecule has 1 saturated heterocycles. The van der Waals surface area contributed by atoms with Gasteiger partial charge >= 0.3 is 0 Å². The van der Waals surface area contributed by atoms with Crippen molar-refractivity contribution in [1.29, 1.82) is 0 Å². The molecule has 1 aliphatic heterocycles. The van der Waals surface area contributed by atoms with E-state index < -0.39 is 0 Å². The van der Waals surface area contributed by atoms with Gasteiger partial charge in [0.05, 0.1) is 6.04 Å². The standard InChI is InChI=1S/C16H22Cl2N2O/c1-16(2,3)20-14(21)6-4-5-13(19)15(20)11-8-7-10(17)9-12(11)18/h7-9,13,15H,4-6,19H2,1-3H3. The zero-order valence-electron chi connectivity index (χ0n) is 12.7. The second-order valence-corrected chi connectivity index (χ2v) is 7.44. The number of halogens is 2. The molecule has 2 N–H and O–H groups in total. The highest BCUT2D eigenvalue weighted by atomic mass is 35.5. The van der Waals surface area contributed by atoms with Gasteiger partial charge in [-0.15, -0.1) is 0 Å². The quantitative estimate of drug-likeness (QED) is 0.840. The molecular formula is C16H22Cl2N2O. The van der Waals surface area contributed by atoms with E-state index in [1.165, 1.54) is 0 Å². The summed E-state index contributed by atoms with van der Waals surface area (Å²) in [7, 11) is 0. The third-order valence-corrected chi connectivity index (χ3v) is 4.45. The first kappa shape index (κ1) is 16.6. The van der Waals surface area contributed by atoms with Gasteiger partial charge < -0.3 is 10.6 Å². The van der Waals surface area contributed by atoms with Crippen LogP contribution in [0.3, 0.4) is 0 Å². The number of amides is 1. The molecule has 0 bridgehead atoms. The van der Waals surface area contributed by atoms with Crippen molar-refractivity contribution in [2.75, 3.05) is 0 Å². The fraction of sp³-hybridized carbons (Fsp3) is 0.562. The lowest BCUT2D eigenvalue weighted by Gasteiger charge is -2.43. The predicted octanol–water partition coefficient (Wildman–Crippen LogP) is 4.17. The van der Waals surface area contributed by atoms with Gasteiger partial charge in [-0.05, 0) is 51.3 Å². The maximum atomic E-state index is 12.6. The Morgan fingerprint density at radius 2 is 1.95 bits per heavy atom. The van der Waals surface area contributed by atoms with Crippen LogP contribution in [0.15, 0.2) is 18.2 Å². The molecule has 2 unspecified atom stereocenters. The molecule has 1 heterocycles. The molecule has 0 saturated carbocycles. The van der Waals surface area contributed by atoms with Crippen molar-refractivity contribution in [2.24, 2.45) is 5.73 Å². The molecule has 1 amide bonds. The maximum Gasteiger partial charge on any atom is 0.223 e. The molecule has 5 heteroatoms. The van der Waals surface area contributed by atoms with Gasteiger partial charge in [0.25, 0.3) is 0 Å². The largest absolute Gasteiger partial charge is 0.329 e. The topological polar surface area (TPSA) is 46.3 Å². The molecule has 1 aliphatic rings. The average molecular weight is 329 g/mol. The first-order chi connectivity index (χ1) is 9.71. The first-order valence-corrected chi connectivity index (χ1v) is 8.00. The number of nitrogens with zero attached hydrogens (tertiary/aromatic N) is 1. The van der Waals surface area contributed by atoms with Gasteiger partial charge in [-0.1, -0.05) is 29.3 Å². The number of rotatable bonds is 1. The first-order valence-electron chi connectivity index (χ1n) is 7.24. The van der Waals surface area contributed by atoms with Crippen molar-refractivity contribution in [3.63, 3.8) is 0 Å². The van der Waals surface area contributed by atoms with Crippen LogP contribution in [0.25, 0.3) is 0 Å². The van der Waals surface area contributed by atoms with E-state index in [4.69, 9.17) is 28.9 Å². The second kappa shape index (κ2) is 6.15. The Labute approximate surface area is 136 Å². The van der Waals surface area contributed by atoms with E-state index in [-0.39, 0.29) is 23.5 Å². The van der Waals surface area contributed by atoms with Crippen LogP contribution in [0.2, 0.25) is 10.0 Å². The Balaban J connectivity index is 2.54. The Kier molecular flexibility index (Phi) is 4.86. The van der Waals surface area contributed by atoms with E-state index in [1.54, 1.807) is 12.1 Å². The monoisotopic (exact) mass is 328 g/mol. The highest BCUT2D eigenvalue weighted by Gasteiger charge is 2.39. The minimum absolute atomic E-state index is 0.130. The van der Waals surface area contributed by atoms with E-state index in [0.717, 1.165) is 18.4 Å². The molecule has 0 aromatic heterocycles. The van der Waals surface area contributed by atoms with E-state index in [9.17, 15) is 4.79 Å². The highest BCUT2D eigenvalue weighted by molar-refractivity contribution is 6.35. The lowest BCUT2D eigenvalue weighted by atomic mass is 9.92. The number of nitrogens with two attached hydrogens (primary N) is 1. The molecule has 21 heavy (non-hydrogen) atoms. The van der Waals surface area contributed by atoms with Crippen molar-refractivity contribution in [3.05, 3.63) is 33.8 Å². The summed E-state index contributed by atoms with van der Waals surface area (Å²) in [5.41, 5.74) is 6.94. The summed E-state index contributed by atoms with van der Waals surface area (Å²) in [4.78, 5) is 14.5. The molecular weight excluding hydrogens is 307 g/mol. The van der Waals surface area contributed by atoms with Crippen molar-refractivity contribution < 1.29 is 4.79 Å². The van der Waals surface area contributed by atoms with Gasteiger partial charge in [-0.2, -0.15) is 0 Å². The molecule has 1 aromatic carbocycles. The van der Waals surface area contributed by atoms with Crippen molar-refractivity contribution >= 4 is 29.1 Å². The number of carbonyl (C=O) groups is 1. The van der Waals surface area contributed by atoms with Crippen molar-refractivity contribution in [2.45, 2.75) is 57.7 Å². The maximum absolute atomic E-state index is 12.6. The predicted molar refractivity (Wildman–Crippen MR) is 87.6 cm³/mol. The van der Waals surface area contributed by atoms with Crippen LogP contribution >= 0.6 is 23.2 Å². The van der Waals surface area contributed by atoms with Gasteiger partial charge in [0.1, 0.15) is 0 Å². The molecule has 1 fully saturated rings. The van der Waals surface area contributed by atoms with E-state index in [2.05, 4.69) is 0 Å². The number of carbonyl (C=O) groups excluding carboxylic acids is 1. The summed E-state index contributed by atoms with van der Waals surface area (Å²) in [6, 6.07) is 5.04. The summed E-state index contributed by atoms with van der Waals surface area (Å²) in [6.07, 6.45) is 2.16. The molecule has 2 rings (SSSR count). The highest BCUT2D eigenvalue weighted by Crippen LogP contribution is 2.38. The van der Waals surface area contributed by atoms with Crippen LogP contribution < -0.4 is 5.73 Å². The Bertz CT molecular complexity index is 540. The summed E-state index contributed by atoms with van der Waals surface area (Å²) < 4.78 is 0. The Hall–Kier alpha value is -0.770. The van der Waals surface area contributed by atoms with Crippen LogP contribution in [-0.4, -0.2) is 22.4 Å². The van der Waals surface area contributed by atoms with E-state index in [1.807, 2.05) is 31.7 Å². The summed E-state index contributed by atoms with van der Waals surface area (Å²) in [5, 5.41) is 1.14. The third kappa shape index (κ3) is 3.53. The molecule has 2 atom stereocenters. The van der Waals surface area contributed by atoms with E-state index in [0.29, 0.717) is 16.5 Å². The van der Waals surface area contributed by atoms with Crippen LogP contribution in [0.4, 0.5) is 0 Å². The third-order valence-electron chi connectivity index (χ3n) is 3.88. The lowest BCUT2D eigenvalue weighted by Crippen LogP contribution is -2.51. The number of likely N-dealkylation sites (tertiary alicyclic amines) is 1. The van der Waals surface area contributed by atoms with Gasteiger partial charge in [0, 0.05) is 28.0 Å². The van der Waals surface area contributed by atoms with E-state index >= 15 is 0 Å². The van der Waals surface area contributed by atoms with Crippen molar-refractivity contribution in [1.82, 2.24) is 4.90 Å². The zero-order chi connectivity index (χ0) is 15.8. The average Bonchev–Trinajstić information content (AvgIpc) is 2.48. The lowest BCUT2D eigenvalue weighted by molar-refractivity contribution is -0.139.